The summed E-state index contributed by atoms with van der Waals surface area (Å²) < 4.78 is 17.5. The summed E-state index contributed by atoms with van der Waals surface area (Å²) in [5, 5.41) is 9.51. The third-order valence-corrected chi connectivity index (χ3v) is 4.61. The highest BCUT2D eigenvalue weighted by Crippen LogP contribution is 2.08. The molecular formula is C18H24N8O9. The molecule has 2 heterocycles. The molecule has 2 aromatic heterocycles. The van der Waals surface area contributed by atoms with E-state index in [-0.39, 0.29) is 32.0 Å². The molecule has 2 aromatic rings. The number of nitrogens with two attached hydrogens (primary N) is 3. The van der Waals surface area contributed by atoms with Gasteiger partial charge in [0.2, 0.25) is 0 Å². The van der Waals surface area contributed by atoms with Crippen LogP contribution < -0.4 is 34.1 Å². The molecule has 0 aromatic carbocycles. The van der Waals surface area contributed by atoms with Crippen molar-refractivity contribution in [2.75, 3.05) is 39.5 Å². The van der Waals surface area contributed by atoms with Crippen molar-refractivity contribution < 1.29 is 28.6 Å². The summed E-state index contributed by atoms with van der Waals surface area (Å²) in [5.41, 5.74) is 11.8. The van der Waals surface area contributed by atoms with Crippen molar-refractivity contribution >= 4 is 29.1 Å². The summed E-state index contributed by atoms with van der Waals surface area (Å²) in [4.78, 5) is 73.2. The second kappa shape index (κ2) is 12.3. The van der Waals surface area contributed by atoms with Gasteiger partial charge >= 0.3 is 29.3 Å². The fourth-order valence-corrected chi connectivity index (χ4v) is 3.07. The Morgan fingerprint density at radius 3 is 1.51 bits per heavy atom. The Hall–Kier alpha value is -4.27. The zero-order valence-corrected chi connectivity index (χ0v) is 18.5. The van der Waals surface area contributed by atoms with Crippen LogP contribution in [0.15, 0.2) is 14.4 Å². The average molecular weight is 496 g/mol. The number of fused-ring (bicyclic) bond motifs is 1. The number of nitrogens with zero attached hydrogens (tertiary/aromatic N) is 5. The van der Waals surface area contributed by atoms with Crippen molar-refractivity contribution in [3.05, 3.63) is 31.3 Å². The molecule has 0 saturated heterocycles. The topological polar surface area (TPSA) is 252 Å². The molecule has 17 nitrogen and oxygen atoms in total. The summed E-state index contributed by atoms with van der Waals surface area (Å²) in [6.45, 7) is -3.43. The quantitative estimate of drug-likeness (QED) is 0.184. The molecular weight excluding hydrogens is 472 g/mol. The third kappa shape index (κ3) is 6.00. The van der Waals surface area contributed by atoms with E-state index in [0.717, 1.165) is 9.13 Å². The molecule has 0 unspecified atom stereocenters. The first-order chi connectivity index (χ1) is 16.7. The van der Waals surface area contributed by atoms with Crippen LogP contribution in [0.5, 0.6) is 0 Å². The highest BCUT2D eigenvalue weighted by Gasteiger charge is 2.24. The summed E-state index contributed by atoms with van der Waals surface area (Å²) in [6.07, 6.45) is 1.57. The molecule has 0 saturated carbocycles. The lowest BCUT2D eigenvalue weighted by Crippen LogP contribution is -2.42. The molecule has 0 atom stereocenters. The average Bonchev–Trinajstić information content (AvgIpc) is 3.13. The Labute approximate surface area is 195 Å². The van der Waals surface area contributed by atoms with Crippen molar-refractivity contribution in [3.63, 3.8) is 0 Å². The van der Waals surface area contributed by atoms with Crippen LogP contribution in [0.2, 0.25) is 0 Å². The molecule has 0 aliphatic rings. The number of carbonyl (C=O) groups is 3. The van der Waals surface area contributed by atoms with E-state index in [1.165, 1.54) is 0 Å². The van der Waals surface area contributed by atoms with Gasteiger partial charge in [-0.2, -0.15) is 9.83 Å². The van der Waals surface area contributed by atoms with Crippen LogP contribution in [-0.4, -0.2) is 75.6 Å². The van der Waals surface area contributed by atoms with Gasteiger partial charge in [0.25, 0.3) is 5.56 Å². The Bertz CT molecular complexity index is 1330. The molecule has 0 amide bonds. The van der Waals surface area contributed by atoms with Crippen LogP contribution in [0, 0.1) is 11.5 Å². The molecule has 0 spiro atoms. The number of rotatable bonds is 12. The summed E-state index contributed by atoms with van der Waals surface area (Å²) in [5.74, 6) is -2.31. The zero-order chi connectivity index (χ0) is 26.1. The van der Waals surface area contributed by atoms with Crippen molar-refractivity contribution in [2.24, 2.45) is 17.2 Å². The minimum absolute atomic E-state index is 0.269. The minimum Gasteiger partial charge on any atom is -0.463 e. The lowest BCUT2D eigenvalue weighted by Gasteiger charge is -2.14. The predicted octanol–water partition coefficient (Wildman–Crippen LogP) is -5.04. The number of carbonyl (C=O) groups excluding carboxylic acids is 3. The van der Waals surface area contributed by atoms with Crippen LogP contribution in [0.4, 0.5) is 0 Å². The first kappa shape index (κ1) is 27.0. The van der Waals surface area contributed by atoms with E-state index >= 15 is 0 Å². The summed E-state index contributed by atoms with van der Waals surface area (Å²) in [7, 11) is 0. The van der Waals surface area contributed by atoms with Crippen molar-refractivity contribution in [1.29, 1.82) is 5.26 Å². The maximum Gasteiger partial charge on any atom is 0.344 e. The van der Waals surface area contributed by atoms with Crippen molar-refractivity contribution in [3.8, 4) is 6.19 Å². The Balaban J connectivity index is 2.67. The van der Waals surface area contributed by atoms with Crippen LogP contribution in [0.3, 0.4) is 0 Å². The van der Waals surface area contributed by atoms with E-state index in [0.29, 0.717) is 9.13 Å². The fourth-order valence-electron chi connectivity index (χ4n) is 3.07. The maximum atomic E-state index is 13.2. The molecule has 35 heavy (non-hydrogen) atoms. The number of ether oxygens (including phenoxy) is 3. The molecule has 190 valence electrons. The van der Waals surface area contributed by atoms with Crippen molar-refractivity contribution in [2.45, 2.75) is 19.6 Å². The van der Waals surface area contributed by atoms with Gasteiger partial charge in [-0.05, 0) is 0 Å². The van der Waals surface area contributed by atoms with Gasteiger partial charge in [0, 0.05) is 0 Å². The lowest BCUT2D eigenvalue weighted by atomic mass is 10.4. The number of imidazole rings is 1. The van der Waals surface area contributed by atoms with Gasteiger partial charge in [-0.1, -0.05) is 0 Å². The van der Waals surface area contributed by atoms with E-state index in [1.54, 1.807) is 6.19 Å². The molecule has 6 N–H and O–H groups in total. The molecule has 0 aliphatic carbocycles. The summed E-state index contributed by atoms with van der Waals surface area (Å²) in [6, 6.07) is 0. The van der Waals surface area contributed by atoms with Crippen LogP contribution >= 0.6 is 0 Å². The number of hydrogen-bond donors (Lipinski definition) is 3. The zero-order valence-electron chi connectivity index (χ0n) is 18.5. The van der Waals surface area contributed by atoms with Crippen LogP contribution in [0.1, 0.15) is 0 Å². The number of esters is 3. The lowest BCUT2D eigenvalue weighted by molar-refractivity contribution is -0.143. The normalized spacial score (nSPS) is 10.7. The number of nitriles is 1. The van der Waals surface area contributed by atoms with Gasteiger partial charge in [-0.25, -0.2) is 9.59 Å². The molecule has 0 fully saturated rings. The van der Waals surface area contributed by atoms with Crippen LogP contribution in [-0.2, 0) is 48.2 Å². The first-order valence-corrected chi connectivity index (χ1v) is 10.2. The number of hydrogen-bond acceptors (Lipinski definition) is 13. The first-order valence-electron chi connectivity index (χ1n) is 10.2. The van der Waals surface area contributed by atoms with E-state index in [9.17, 15) is 34.0 Å². The van der Waals surface area contributed by atoms with E-state index in [4.69, 9.17) is 31.4 Å². The highest BCUT2D eigenvalue weighted by molar-refractivity contribution is 5.73. The molecule has 0 aliphatic heterocycles. The van der Waals surface area contributed by atoms with E-state index in [2.05, 4.69) is 0 Å². The van der Waals surface area contributed by atoms with Gasteiger partial charge < -0.3 is 31.4 Å². The third-order valence-electron chi connectivity index (χ3n) is 4.61. The Kier molecular flexibility index (Phi) is 9.45. The Morgan fingerprint density at radius 1 is 0.714 bits per heavy atom. The van der Waals surface area contributed by atoms with Gasteiger partial charge in [0.1, 0.15) is 19.8 Å². The van der Waals surface area contributed by atoms with Gasteiger partial charge in [0.15, 0.2) is 17.4 Å². The molecule has 17 heteroatoms. The second-order valence-electron chi connectivity index (χ2n) is 6.71. The minimum atomic E-state index is -1.01. The predicted molar refractivity (Wildman–Crippen MR) is 116 cm³/mol. The second-order valence-corrected chi connectivity index (χ2v) is 6.71. The highest BCUT2D eigenvalue weighted by atomic mass is 16.5. The molecule has 2 rings (SSSR count). The maximum absolute atomic E-state index is 13.2. The van der Waals surface area contributed by atoms with Gasteiger partial charge in [-0.3, -0.25) is 32.9 Å². The monoisotopic (exact) mass is 496 g/mol. The Morgan fingerprint density at radius 2 is 1.11 bits per heavy atom. The largest absolute Gasteiger partial charge is 0.463 e. The van der Waals surface area contributed by atoms with Crippen molar-refractivity contribution in [1.82, 2.24) is 18.3 Å². The fraction of sp³-hybridized carbons (Fsp3) is 0.500. The van der Waals surface area contributed by atoms with E-state index < -0.39 is 73.1 Å². The summed E-state index contributed by atoms with van der Waals surface area (Å²) >= 11 is 0. The molecule has 0 radical (unpaired) electrons. The van der Waals surface area contributed by atoms with Crippen LogP contribution in [0.25, 0.3) is 11.2 Å². The van der Waals surface area contributed by atoms with Gasteiger partial charge in [0.05, 0.1) is 39.3 Å². The van der Waals surface area contributed by atoms with E-state index in [1.807, 2.05) is 0 Å². The number of aromatic nitrogens is 4. The molecule has 0 bridgehead atoms. The SMILES string of the molecule is N#Cn1c(=O)n(CCOC(=O)CN)c2c1c(=O)n(CCOC(=O)CN)c(=O)n2CCOC(=O)CN. The van der Waals surface area contributed by atoms with Gasteiger partial charge in [-0.15, -0.1) is 0 Å². The standard InChI is InChI=1S/C18H24N8O9/c19-7-11(27)33-4-1-23-15-14(16(30)25(17(23)31)3-6-35-13(29)9-21)26(10-22)18(32)24(15)2-5-34-12(28)8-20/h1-9,19-21H2. The smallest absolute Gasteiger partial charge is 0.344 e.